The fourth-order valence-electron chi connectivity index (χ4n) is 2.40. The molecule has 8 heteroatoms. The van der Waals surface area contributed by atoms with Crippen LogP contribution in [0.4, 0.5) is 4.39 Å². The Morgan fingerprint density at radius 3 is 2.72 bits per heavy atom. The molecule has 0 saturated heterocycles. The minimum absolute atomic E-state index is 0. The predicted octanol–water partition coefficient (Wildman–Crippen LogP) is 0.443. The third-order valence-electron chi connectivity index (χ3n) is 3.56. The summed E-state index contributed by atoms with van der Waals surface area (Å²) in [7, 11) is 0. The number of carbonyl (C=O) groups is 1. The van der Waals surface area contributed by atoms with Crippen LogP contribution in [-0.2, 0) is 4.79 Å². The Kier molecular flexibility index (Phi) is 6.93. The molecule has 0 radical (unpaired) electrons. The van der Waals surface area contributed by atoms with E-state index >= 15 is 0 Å². The number of halogens is 2. The topological polar surface area (TPSA) is 58.0 Å². The summed E-state index contributed by atoms with van der Waals surface area (Å²) >= 11 is 6.88. The molecule has 3 aromatic rings. The maximum Gasteiger partial charge on any atom is 1.00 e. The molecule has 124 valence electrons. The zero-order valence-electron chi connectivity index (χ0n) is 13.7. The molecule has 0 aliphatic carbocycles. The Bertz CT molecular complexity index is 919. The summed E-state index contributed by atoms with van der Waals surface area (Å²) in [5.74, 6) is -1.67. The smallest absolute Gasteiger partial charge is 0.549 e. The largest absolute Gasteiger partial charge is 1.00 e. The molecule has 1 unspecified atom stereocenters. The monoisotopic (exact) mass is 386 g/mol. The minimum atomic E-state index is -1.17. The van der Waals surface area contributed by atoms with E-state index in [9.17, 15) is 14.3 Å². The van der Waals surface area contributed by atoms with Gasteiger partial charge in [0.25, 0.3) is 0 Å². The first kappa shape index (κ1) is 20.3. The molecule has 0 bridgehead atoms. The van der Waals surface area contributed by atoms with E-state index in [0.29, 0.717) is 22.6 Å². The summed E-state index contributed by atoms with van der Waals surface area (Å²) in [6, 6.07) is 11.6. The molecule has 25 heavy (non-hydrogen) atoms. The molecule has 2 aromatic carbocycles. The second-order valence-corrected chi connectivity index (χ2v) is 6.75. The van der Waals surface area contributed by atoms with E-state index in [1.807, 2.05) is 12.1 Å². The van der Waals surface area contributed by atoms with Gasteiger partial charge in [0.2, 0.25) is 0 Å². The molecule has 3 rings (SSSR count). The Balaban J connectivity index is 0.00000225. The van der Waals surface area contributed by atoms with Gasteiger partial charge in [-0.1, -0.05) is 42.4 Å². The Labute approximate surface area is 175 Å². The summed E-state index contributed by atoms with van der Waals surface area (Å²) in [5.41, 5.74) is 1.61. The number of carbonyl (C=O) groups excluding carboxylic acids is 1. The molecule has 0 N–H and O–H groups in total. The number of aromatic nitrogens is 2. The molecule has 0 amide bonds. The Hall–Kier alpha value is -1.05. The number of thioether (sulfide) groups is 1. The van der Waals surface area contributed by atoms with Crippen molar-refractivity contribution in [1.29, 1.82) is 0 Å². The molecule has 1 aromatic heterocycles. The van der Waals surface area contributed by atoms with Crippen LogP contribution < -0.4 is 34.7 Å². The zero-order valence-corrected chi connectivity index (χ0v) is 17.3. The number of benzene rings is 2. The van der Waals surface area contributed by atoms with E-state index in [1.54, 1.807) is 35.8 Å². The van der Waals surface area contributed by atoms with Crippen molar-refractivity contribution in [2.24, 2.45) is 0 Å². The van der Waals surface area contributed by atoms with Crippen LogP contribution in [0.3, 0.4) is 0 Å². The van der Waals surface area contributed by atoms with Gasteiger partial charge in [-0.15, -0.1) is 0 Å². The third-order valence-corrected chi connectivity index (χ3v) is 5.09. The van der Waals surface area contributed by atoms with Crippen molar-refractivity contribution < 1.29 is 43.8 Å². The molecule has 0 aliphatic heterocycles. The van der Waals surface area contributed by atoms with Gasteiger partial charge in [-0.05, 0) is 36.8 Å². The minimum Gasteiger partial charge on any atom is -0.549 e. The van der Waals surface area contributed by atoms with Gasteiger partial charge in [-0.2, -0.15) is 0 Å². The van der Waals surface area contributed by atoms with Gasteiger partial charge in [0.05, 0.1) is 27.9 Å². The number of carboxylic acid groups (broad SMARTS) is 1. The number of hydrogen-bond donors (Lipinski definition) is 0. The van der Waals surface area contributed by atoms with Crippen molar-refractivity contribution in [3.63, 3.8) is 0 Å². The summed E-state index contributed by atoms with van der Waals surface area (Å²) in [6.45, 7) is 1.75. The molecular formula is C17H13ClFN2NaO2S. The molecule has 0 aliphatic rings. The van der Waals surface area contributed by atoms with Gasteiger partial charge in [0.1, 0.15) is 5.82 Å². The van der Waals surface area contributed by atoms with Crippen LogP contribution in [0.2, 0.25) is 5.02 Å². The van der Waals surface area contributed by atoms with Crippen LogP contribution in [0.5, 0.6) is 0 Å². The van der Waals surface area contributed by atoms with Gasteiger partial charge in [0, 0.05) is 5.02 Å². The van der Waals surface area contributed by atoms with Crippen molar-refractivity contribution in [2.75, 3.05) is 0 Å². The number of carboxylic acids is 1. The van der Waals surface area contributed by atoms with Gasteiger partial charge < -0.3 is 9.90 Å². The number of imidazole rings is 1. The Morgan fingerprint density at radius 2 is 2.08 bits per heavy atom. The van der Waals surface area contributed by atoms with E-state index in [2.05, 4.69) is 4.98 Å². The standard InChI is InChI=1S/C17H14ClFN2O2S.Na/c1-2-15(16(22)23)24-17-20-12-5-3-4-6-14(12)21(17)13-8-7-10(18)9-11(13)19;/h3-9,15H,2H2,1H3,(H,22,23);/q;+1/p-1. The normalized spacial score (nSPS) is 12.0. The van der Waals surface area contributed by atoms with Crippen LogP contribution in [0.25, 0.3) is 16.7 Å². The molecule has 0 spiro atoms. The van der Waals surface area contributed by atoms with Gasteiger partial charge in [-0.3, -0.25) is 4.57 Å². The first-order valence-electron chi connectivity index (χ1n) is 7.31. The van der Waals surface area contributed by atoms with Crippen molar-refractivity contribution >= 4 is 40.4 Å². The number of nitrogens with zero attached hydrogens (tertiary/aromatic N) is 2. The van der Waals surface area contributed by atoms with E-state index < -0.39 is 17.0 Å². The van der Waals surface area contributed by atoms with E-state index in [4.69, 9.17) is 11.6 Å². The quantitative estimate of drug-likeness (QED) is 0.472. The first-order chi connectivity index (χ1) is 11.5. The van der Waals surface area contributed by atoms with Crippen molar-refractivity contribution in [1.82, 2.24) is 9.55 Å². The number of hydrogen-bond acceptors (Lipinski definition) is 4. The second-order valence-electron chi connectivity index (χ2n) is 5.15. The van der Waals surface area contributed by atoms with Crippen molar-refractivity contribution in [3.8, 4) is 5.69 Å². The Morgan fingerprint density at radius 1 is 1.36 bits per heavy atom. The summed E-state index contributed by atoms with van der Waals surface area (Å²) < 4.78 is 16.0. The van der Waals surface area contributed by atoms with Gasteiger partial charge >= 0.3 is 29.6 Å². The predicted molar refractivity (Wildman–Crippen MR) is 91.0 cm³/mol. The maximum atomic E-state index is 14.4. The van der Waals surface area contributed by atoms with Crippen LogP contribution in [-0.4, -0.2) is 20.8 Å². The fraction of sp³-hybridized carbons (Fsp3) is 0.176. The molecule has 1 heterocycles. The van der Waals surface area contributed by atoms with Crippen molar-refractivity contribution in [2.45, 2.75) is 23.8 Å². The molecule has 0 saturated carbocycles. The van der Waals surface area contributed by atoms with Gasteiger partial charge in [-0.25, -0.2) is 9.37 Å². The summed E-state index contributed by atoms with van der Waals surface area (Å²) in [4.78, 5) is 15.7. The average molecular weight is 387 g/mol. The van der Waals surface area contributed by atoms with E-state index in [0.717, 1.165) is 11.8 Å². The van der Waals surface area contributed by atoms with E-state index in [-0.39, 0.29) is 40.3 Å². The maximum absolute atomic E-state index is 14.4. The van der Waals surface area contributed by atoms with Crippen LogP contribution >= 0.6 is 23.4 Å². The van der Waals surface area contributed by atoms with Crippen molar-refractivity contribution in [3.05, 3.63) is 53.3 Å². The fourth-order valence-corrected chi connectivity index (χ4v) is 3.53. The van der Waals surface area contributed by atoms with Crippen LogP contribution in [0.1, 0.15) is 13.3 Å². The number of aliphatic carboxylic acids is 1. The molecule has 1 atom stereocenters. The molecule has 4 nitrogen and oxygen atoms in total. The SMILES string of the molecule is CCC(Sc1nc2ccccc2n1-c1ccc(Cl)cc1F)C(=O)[O-].[Na+]. The molecular weight excluding hydrogens is 374 g/mol. The molecule has 0 fully saturated rings. The zero-order chi connectivity index (χ0) is 17.3. The average Bonchev–Trinajstić information content (AvgIpc) is 2.90. The number of para-hydroxylation sites is 2. The third kappa shape index (κ3) is 4.20. The van der Waals surface area contributed by atoms with Crippen LogP contribution in [0, 0.1) is 5.82 Å². The second kappa shape index (κ2) is 8.56. The number of fused-ring (bicyclic) bond motifs is 1. The first-order valence-corrected chi connectivity index (χ1v) is 8.57. The van der Waals surface area contributed by atoms with E-state index in [1.165, 1.54) is 6.07 Å². The summed E-state index contributed by atoms with van der Waals surface area (Å²) in [5, 5.41) is 11.2. The summed E-state index contributed by atoms with van der Waals surface area (Å²) in [6.07, 6.45) is 0.374. The van der Waals surface area contributed by atoms with Crippen LogP contribution in [0.15, 0.2) is 47.6 Å². The van der Waals surface area contributed by atoms with Gasteiger partial charge in [0.15, 0.2) is 5.16 Å². The number of rotatable bonds is 5.